The highest BCUT2D eigenvalue weighted by atomic mass is 35.5. The summed E-state index contributed by atoms with van der Waals surface area (Å²) in [6.45, 7) is 6.42. The Morgan fingerprint density at radius 2 is 1.77 bits per heavy atom. The van der Waals surface area contributed by atoms with Crippen LogP contribution < -0.4 is 0 Å². The summed E-state index contributed by atoms with van der Waals surface area (Å²) in [4.78, 5) is 11.5. The number of Topliss-reactive ketones (excluding diaryl/α,β-unsaturated/α-hetero) is 1. The summed E-state index contributed by atoms with van der Waals surface area (Å²) in [5.41, 5.74) is -0.714. The van der Waals surface area contributed by atoms with E-state index >= 15 is 0 Å². The predicted octanol–water partition coefficient (Wildman–Crippen LogP) is 1.60. The Morgan fingerprint density at radius 1 is 1.38 bits per heavy atom. The molecule has 0 aliphatic rings. The molecule has 0 aromatic carbocycles. The van der Waals surface area contributed by atoms with Crippen LogP contribution in [0.25, 0.3) is 0 Å². The number of carbonyl (C=O) groups excluding carboxylic acids is 1. The van der Waals surface area contributed by atoms with Crippen LogP contribution in [0.4, 0.5) is 0 Å². The summed E-state index contributed by atoms with van der Waals surface area (Å²) >= 11 is 5.57. The molecule has 0 fully saturated rings. The summed E-state index contributed by atoms with van der Waals surface area (Å²) in [5.74, 6) is -0.556. The lowest BCUT2D eigenvalue weighted by Crippen LogP contribution is -2.35. The molecule has 0 saturated heterocycles. The van der Waals surface area contributed by atoms with E-state index in [1.165, 1.54) is 6.92 Å². The molecule has 0 saturated carbocycles. The maximum absolute atomic E-state index is 11.5. The van der Waals surface area contributed by atoms with E-state index in [-0.39, 0.29) is 5.75 Å². The molecule has 5 heteroatoms. The molecule has 0 spiro atoms. The highest BCUT2D eigenvalue weighted by Gasteiger charge is 2.35. The minimum Gasteiger partial charge on any atom is -0.296 e. The van der Waals surface area contributed by atoms with Gasteiger partial charge in [-0.3, -0.25) is 4.79 Å². The monoisotopic (exact) mass is 226 g/mol. The molecule has 0 amide bonds. The van der Waals surface area contributed by atoms with Gasteiger partial charge in [-0.15, -0.1) is 0 Å². The van der Waals surface area contributed by atoms with Crippen LogP contribution in [0, 0.1) is 5.41 Å². The number of hydrogen-bond acceptors (Lipinski definition) is 3. The molecule has 0 aliphatic carbocycles. The Morgan fingerprint density at radius 3 is 2.00 bits per heavy atom. The first-order chi connectivity index (χ1) is 5.63. The van der Waals surface area contributed by atoms with Gasteiger partial charge in [-0.25, -0.2) is 8.42 Å². The molecule has 0 radical (unpaired) electrons. The van der Waals surface area contributed by atoms with Crippen LogP contribution >= 0.6 is 11.6 Å². The fourth-order valence-electron chi connectivity index (χ4n) is 0.650. The standard InChI is InChI=1S/C8H15ClO3S/c1-5-13(11,12)7(9)6(10)8(2,3)4/h7H,5H2,1-4H3/t7-/m0/s1. The van der Waals surface area contributed by atoms with Crippen LogP contribution in [0.5, 0.6) is 0 Å². The van der Waals surface area contributed by atoms with Gasteiger partial charge in [-0.2, -0.15) is 0 Å². The quantitative estimate of drug-likeness (QED) is 0.687. The minimum atomic E-state index is -3.46. The third-order valence-electron chi connectivity index (χ3n) is 1.66. The van der Waals surface area contributed by atoms with E-state index in [0.717, 1.165) is 0 Å². The van der Waals surface area contributed by atoms with Crippen LogP contribution in [0.1, 0.15) is 27.7 Å². The van der Waals surface area contributed by atoms with Crippen LogP contribution in [0.2, 0.25) is 0 Å². The first-order valence-electron chi connectivity index (χ1n) is 4.03. The van der Waals surface area contributed by atoms with Gasteiger partial charge in [-0.1, -0.05) is 39.3 Å². The first-order valence-corrected chi connectivity index (χ1v) is 6.18. The van der Waals surface area contributed by atoms with Crippen LogP contribution in [0.3, 0.4) is 0 Å². The molecular formula is C8H15ClO3S. The Bertz CT molecular complexity index is 287. The normalized spacial score (nSPS) is 15.5. The third-order valence-corrected chi connectivity index (χ3v) is 4.32. The number of ketones is 1. The molecule has 13 heavy (non-hydrogen) atoms. The van der Waals surface area contributed by atoms with E-state index in [1.807, 2.05) is 0 Å². The van der Waals surface area contributed by atoms with Gasteiger partial charge in [0.25, 0.3) is 0 Å². The number of carbonyl (C=O) groups is 1. The largest absolute Gasteiger partial charge is 0.296 e. The van der Waals surface area contributed by atoms with Crippen molar-refractivity contribution < 1.29 is 13.2 Å². The van der Waals surface area contributed by atoms with Gasteiger partial charge < -0.3 is 0 Å². The zero-order valence-electron chi connectivity index (χ0n) is 8.30. The second-order valence-corrected chi connectivity index (χ2v) is 6.95. The van der Waals surface area contributed by atoms with Crippen molar-refractivity contribution in [2.45, 2.75) is 32.4 Å². The predicted molar refractivity (Wildman–Crippen MR) is 53.6 cm³/mol. The Labute approximate surface area is 84.4 Å². The Balaban J connectivity index is 4.84. The molecule has 0 unspecified atom stereocenters. The molecule has 78 valence electrons. The molecule has 1 atom stereocenters. The minimum absolute atomic E-state index is 0.108. The fraction of sp³-hybridized carbons (Fsp3) is 0.875. The highest BCUT2D eigenvalue weighted by Crippen LogP contribution is 2.23. The topological polar surface area (TPSA) is 51.2 Å². The first kappa shape index (κ1) is 12.9. The van der Waals surface area contributed by atoms with Gasteiger partial charge in [-0.05, 0) is 0 Å². The van der Waals surface area contributed by atoms with E-state index in [0.29, 0.717) is 0 Å². The van der Waals surface area contributed by atoms with Gasteiger partial charge in [0.2, 0.25) is 0 Å². The highest BCUT2D eigenvalue weighted by molar-refractivity contribution is 7.94. The van der Waals surface area contributed by atoms with Crippen molar-refractivity contribution in [1.82, 2.24) is 0 Å². The zero-order valence-corrected chi connectivity index (χ0v) is 9.87. The fourth-order valence-corrected chi connectivity index (χ4v) is 2.33. The molecule has 0 N–H and O–H groups in total. The van der Waals surface area contributed by atoms with Crippen molar-refractivity contribution in [2.75, 3.05) is 5.75 Å². The van der Waals surface area contributed by atoms with Gasteiger partial charge in [0, 0.05) is 11.2 Å². The van der Waals surface area contributed by atoms with E-state index in [4.69, 9.17) is 11.6 Å². The summed E-state index contributed by atoms with van der Waals surface area (Å²) in [6, 6.07) is 0. The van der Waals surface area contributed by atoms with Crippen LogP contribution in [-0.4, -0.2) is 24.7 Å². The molecule has 3 nitrogen and oxygen atoms in total. The second kappa shape index (κ2) is 3.96. The van der Waals surface area contributed by atoms with Gasteiger partial charge in [0.1, 0.15) is 0 Å². The summed E-state index contributed by atoms with van der Waals surface area (Å²) < 4.78 is 21.1. The SMILES string of the molecule is CCS(=O)(=O)[C@H](Cl)C(=O)C(C)(C)C. The molecular weight excluding hydrogens is 212 g/mol. The number of hydrogen-bond donors (Lipinski definition) is 0. The Hall–Kier alpha value is -0.0900. The van der Waals surface area contributed by atoms with Crippen molar-refractivity contribution >= 4 is 27.2 Å². The third kappa shape index (κ3) is 3.27. The van der Waals surface area contributed by atoms with E-state index < -0.39 is 25.7 Å². The van der Waals surface area contributed by atoms with Gasteiger partial charge >= 0.3 is 0 Å². The van der Waals surface area contributed by atoms with E-state index in [2.05, 4.69) is 0 Å². The smallest absolute Gasteiger partial charge is 0.193 e. The van der Waals surface area contributed by atoms with E-state index in [9.17, 15) is 13.2 Å². The van der Waals surface area contributed by atoms with Crippen molar-refractivity contribution in [1.29, 1.82) is 0 Å². The average molecular weight is 227 g/mol. The maximum atomic E-state index is 11.5. The zero-order chi connectivity index (χ0) is 10.9. The van der Waals surface area contributed by atoms with Crippen molar-refractivity contribution in [3.63, 3.8) is 0 Å². The molecule has 0 bridgehead atoms. The molecule has 0 aromatic heterocycles. The summed E-state index contributed by atoms with van der Waals surface area (Å²) in [5, 5.41) is 0. The van der Waals surface area contributed by atoms with Gasteiger partial charge in [0.05, 0.1) is 0 Å². The second-order valence-electron chi connectivity index (χ2n) is 3.88. The van der Waals surface area contributed by atoms with Crippen LogP contribution in [0.15, 0.2) is 0 Å². The lowest BCUT2D eigenvalue weighted by molar-refractivity contribution is -0.124. The Kier molecular flexibility index (Phi) is 3.94. The molecule has 0 aliphatic heterocycles. The molecule has 0 heterocycles. The molecule has 0 rings (SSSR count). The summed E-state index contributed by atoms with van der Waals surface area (Å²) in [7, 11) is -3.46. The number of sulfone groups is 1. The van der Waals surface area contributed by atoms with E-state index in [1.54, 1.807) is 20.8 Å². The number of halogens is 1. The average Bonchev–Trinajstić information content (AvgIpc) is 2.00. The van der Waals surface area contributed by atoms with Crippen LogP contribution in [-0.2, 0) is 14.6 Å². The lowest BCUT2D eigenvalue weighted by Gasteiger charge is -2.19. The van der Waals surface area contributed by atoms with Crippen molar-refractivity contribution in [3.8, 4) is 0 Å². The van der Waals surface area contributed by atoms with Gasteiger partial charge in [0.15, 0.2) is 20.3 Å². The maximum Gasteiger partial charge on any atom is 0.193 e. The number of alkyl halides is 1. The van der Waals surface area contributed by atoms with Crippen molar-refractivity contribution in [2.24, 2.45) is 5.41 Å². The molecule has 0 aromatic rings. The van der Waals surface area contributed by atoms with Crippen molar-refractivity contribution in [3.05, 3.63) is 0 Å². The lowest BCUT2D eigenvalue weighted by atomic mass is 9.92. The number of rotatable bonds is 3. The summed E-state index contributed by atoms with van der Waals surface area (Å²) in [6.07, 6.45) is 0.